The van der Waals surface area contributed by atoms with Crippen LogP contribution in [-0.2, 0) is 17.8 Å². The SMILES string of the molecule is O=C(Cn1nc(-c2ccco2)n(C2CC2)c1=O)NCCc1ccccc1. The van der Waals surface area contributed by atoms with Crippen molar-refractivity contribution in [2.24, 2.45) is 0 Å². The van der Waals surface area contributed by atoms with Gasteiger partial charge in [0.25, 0.3) is 0 Å². The predicted octanol–water partition coefficient (Wildman–Crippen LogP) is 2.00. The molecule has 1 amide bonds. The molecule has 4 rings (SSSR count). The fraction of sp³-hybridized carbons (Fsp3) is 0.316. The van der Waals surface area contributed by atoms with Crippen molar-refractivity contribution in [1.82, 2.24) is 19.7 Å². The van der Waals surface area contributed by atoms with Crippen LogP contribution in [0, 0.1) is 0 Å². The number of rotatable bonds is 7. The molecular formula is C19H20N4O3. The highest BCUT2D eigenvalue weighted by molar-refractivity contribution is 5.75. The maximum atomic E-state index is 12.6. The van der Waals surface area contributed by atoms with E-state index in [9.17, 15) is 9.59 Å². The lowest BCUT2D eigenvalue weighted by atomic mass is 10.1. The van der Waals surface area contributed by atoms with Gasteiger partial charge in [-0.05, 0) is 37.0 Å². The van der Waals surface area contributed by atoms with E-state index in [0.29, 0.717) is 18.1 Å². The molecule has 2 aromatic heterocycles. The lowest BCUT2D eigenvalue weighted by molar-refractivity contribution is -0.121. The van der Waals surface area contributed by atoms with E-state index < -0.39 is 0 Å². The Balaban J connectivity index is 1.44. The van der Waals surface area contributed by atoms with Crippen LogP contribution in [0.2, 0.25) is 0 Å². The van der Waals surface area contributed by atoms with E-state index in [2.05, 4.69) is 10.4 Å². The Hall–Kier alpha value is -3.09. The largest absolute Gasteiger partial charge is 0.461 e. The summed E-state index contributed by atoms with van der Waals surface area (Å²) >= 11 is 0. The molecule has 1 aliphatic rings. The van der Waals surface area contributed by atoms with Crippen LogP contribution < -0.4 is 11.0 Å². The number of nitrogens with one attached hydrogen (secondary N) is 1. The minimum atomic E-state index is -0.267. The maximum Gasteiger partial charge on any atom is 0.347 e. The van der Waals surface area contributed by atoms with Crippen molar-refractivity contribution in [2.75, 3.05) is 6.54 Å². The topological polar surface area (TPSA) is 82.1 Å². The smallest absolute Gasteiger partial charge is 0.347 e. The van der Waals surface area contributed by atoms with Gasteiger partial charge < -0.3 is 9.73 Å². The Morgan fingerprint density at radius 2 is 2.00 bits per heavy atom. The normalized spacial score (nSPS) is 13.7. The molecule has 0 bridgehead atoms. The first-order valence-corrected chi connectivity index (χ1v) is 8.76. The summed E-state index contributed by atoms with van der Waals surface area (Å²) in [6.45, 7) is 0.424. The van der Waals surface area contributed by atoms with Crippen LogP contribution in [0.5, 0.6) is 0 Å². The monoisotopic (exact) mass is 352 g/mol. The van der Waals surface area contributed by atoms with Gasteiger partial charge >= 0.3 is 5.69 Å². The highest BCUT2D eigenvalue weighted by atomic mass is 16.3. The molecule has 0 aliphatic heterocycles. The third kappa shape index (κ3) is 3.46. The van der Waals surface area contributed by atoms with Crippen molar-refractivity contribution in [1.29, 1.82) is 0 Å². The minimum absolute atomic E-state index is 0.0962. The Morgan fingerprint density at radius 1 is 1.19 bits per heavy atom. The number of hydrogen-bond acceptors (Lipinski definition) is 4. The van der Waals surface area contributed by atoms with Gasteiger partial charge in [-0.1, -0.05) is 30.3 Å². The maximum absolute atomic E-state index is 12.6. The summed E-state index contributed by atoms with van der Waals surface area (Å²) in [5.74, 6) is 0.797. The first-order chi connectivity index (χ1) is 12.7. The van der Waals surface area contributed by atoms with Gasteiger partial charge in [0.1, 0.15) is 6.54 Å². The van der Waals surface area contributed by atoms with Crippen LogP contribution >= 0.6 is 0 Å². The van der Waals surface area contributed by atoms with Gasteiger partial charge in [0.2, 0.25) is 11.7 Å². The Labute approximate surface area is 150 Å². The molecule has 1 N–H and O–H groups in total. The Kier molecular flexibility index (Phi) is 4.43. The molecule has 134 valence electrons. The molecule has 3 aromatic rings. The zero-order chi connectivity index (χ0) is 17.9. The fourth-order valence-electron chi connectivity index (χ4n) is 2.94. The third-order valence-corrected chi connectivity index (χ3v) is 4.40. The van der Waals surface area contributed by atoms with Crippen molar-refractivity contribution >= 4 is 5.91 Å². The predicted molar refractivity (Wildman–Crippen MR) is 95.6 cm³/mol. The second-order valence-electron chi connectivity index (χ2n) is 6.43. The Bertz CT molecular complexity index is 937. The van der Waals surface area contributed by atoms with Crippen LogP contribution in [-0.4, -0.2) is 26.8 Å². The number of amides is 1. The lowest BCUT2D eigenvalue weighted by Gasteiger charge is -2.05. The zero-order valence-corrected chi connectivity index (χ0v) is 14.3. The van der Waals surface area contributed by atoms with E-state index in [1.807, 2.05) is 30.3 Å². The van der Waals surface area contributed by atoms with Crippen LogP contribution in [0.25, 0.3) is 11.6 Å². The molecule has 0 unspecified atom stereocenters. The zero-order valence-electron chi connectivity index (χ0n) is 14.3. The summed E-state index contributed by atoms with van der Waals surface area (Å²) in [6, 6.07) is 13.6. The highest BCUT2D eigenvalue weighted by Gasteiger charge is 2.31. The second kappa shape index (κ2) is 7.03. The third-order valence-electron chi connectivity index (χ3n) is 4.40. The highest BCUT2D eigenvalue weighted by Crippen LogP contribution is 2.36. The first-order valence-electron chi connectivity index (χ1n) is 8.76. The molecule has 1 saturated carbocycles. The summed E-state index contributed by atoms with van der Waals surface area (Å²) in [7, 11) is 0. The van der Waals surface area contributed by atoms with E-state index in [1.165, 1.54) is 4.68 Å². The molecule has 1 aromatic carbocycles. The first kappa shape index (κ1) is 16.4. The molecule has 0 spiro atoms. The molecular weight excluding hydrogens is 332 g/mol. The van der Waals surface area contributed by atoms with Crippen molar-refractivity contribution < 1.29 is 9.21 Å². The Morgan fingerprint density at radius 3 is 2.69 bits per heavy atom. The molecule has 1 aliphatic carbocycles. The van der Waals surface area contributed by atoms with Crippen molar-refractivity contribution in [3.05, 3.63) is 64.8 Å². The van der Waals surface area contributed by atoms with Crippen molar-refractivity contribution in [3.8, 4) is 11.6 Å². The van der Waals surface area contributed by atoms with Crippen molar-refractivity contribution in [2.45, 2.75) is 31.8 Å². The van der Waals surface area contributed by atoms with Crippen LogP contribution in [0.15, 0.2) is 57.9 Å². The van der Waals surface area contributed by atoms with E-state index in [0.717, 1.165) is 24.8 Å². The second-order valence-corrected chi connectivity index (χ2v) is 6.43. The number of nitrogens with zero attached hydrogens (tertiary/aromatic N) is 3. The van der Waals surface area contributed by atoms with Crippen molar-refractivity contribution in [3.63, 3.8) is 0 Å². The molecule has 7 nitrogen and oxygen atoms in total. The molecule has 0 saturated heterocycles. The fourth-order valence-corrected chi connectivity index (χ4v) is 2.94. The molecule has 7 heteroatoms. The van der Waals surface area contributed by atoms with E-state index in [4.69, 9.17) is 4.42 Å². The number of hydrogen-bond donors (Lipinski definition) is 1. The summed E-state index contributed by atoms with van der Waals surface area (Å²) in [5.41, 5.74) is 0.889. The van der Waals surface area contributed by atoms with Gasteiger partial charge in [-0.3, -0.25) is 9.36 Å². The summed E-state index contributed by atoms with van der Waals surface area (Å²) in [5, 5.41) is 7.18. The van der Waals surface area contributed by atoms with E-state index in [1.54, 1.807) is 23.0 Å². The average molecular weight is 352 g/mol. The van der Waals surface area contributed by atoms with Gasteiger partial charge in [0.05, 0.1) is 6.26 Å². The average Bonchev–Trinajstić information content (AvgIpc) is 3.22. The van der Waals surface area contributed by atoms with Gasteiger partial charge in [0.15, 0.2) is 5.76 Å². The molecule has 0 atom stereocenters. The van der Waals surface area contributed by atoms with Crippen LogP contribution in [0.1, 0.15) is 24.4 Å². The number of furan rings is 1. The van der Waals surface area contributed by atoms with Gasteiger partial charge in [0, 0.05) is 12.6 Å². The number of benzene rings is 1. The molecule has 2 heterocycles. The van der Waals surface area contributed by atoms with Gasteiger partial charge in [-0.15, -0.1) is 5.10 Å². The van der Waals surface area contributed by atoms with Crippen LogP contribution in [0.3, 0.4) is 0 Å². The number of carbonyl (C=O) groups is 1. The standard InChI is InChI=1S/C19H20N4O3/c24-17(20-11-10-14-5-2-1-3-6-14)13-22-19(25)23(15-8-9-15)18(21-22)16-7-4-12-26-16/h1-7,12,15H,8-11,13H2,(H,20,24). The molecule has 26 heavy (non-hydrogen) atoms. The minimum Gasteiger partial charge on any atom is -0.461 e. The summed E-state index contributed by atoms with van der Waals surface area (Å²) in [6.07, 6.45) is 4.19. The van der Waals surface area contributed by atoms with E-state index >= 15 is 0 Å². The van der Waals surface area contributed by atoms with Gasteiger partial charge in [-0.2, -0.15) is 0 Å². The number of aromatic nitrogens is 3. The molecule has 1 fully saturated rings. The summed E-state index contributed by atoms with van der Waals surface area (Å²) in [4.78, 5) is 24.8. The van der Waals surface area contributed by atoms with E-state index in [-0.39, 0.29) is 24.2 Å². The number of carbonyl (C=O) groups excluding carboxylic acids is 1. The van der Waals surface area contributed by atoms with Gasteiger partial charge in [-0.25, -0.2) is 9.48 Å². The molecule has 0 radical (unpaired) electrons. The quantitative estimate of drug-likeness (QED) is 0.705. The van der Waals surface area contributed by atoms with Crippen LogP contribution in [0.4, 0.5) is 0 Å². The lowest BCUT2D eigenvalue weighted by Crippen LogP contribution is -2.34. The summed E-state index contributed by atoms with van der Waals surface area (Å²) < 4.78 is 8.24.